The van der Waals surface area contributed by atoms with E-state index in [1.807, 2.05) is 0 Å². The summed E-state index contributed by atoms with van der Waals surface area (Å²) in [4.78, 5) is 19.6. The molecule has 0 unspecified atom stereocenters. The van der Waals surface area contributed by atoms with Crippen LogP contribution >= 0.6 is 0 Å². The van der Waals surface area contributed by atoms with E-state index < -0.39 is 0 Å². The van der Waals surface area contributed by atoms with Gasteiger partial charge < -0.3 is 14.2 Å². The molecule has 2 rings (SSSR count). The van der Waals surface area contributed by atoms with Gasteiger partial charge in [-0.25, -0.2) is 0 Å². The number of carbonyl (C=O) groups excluding carboxylic acids is 1. The van der Waals surface area contributed by atoms with Crippen LogP contribution in [0, 0.1) is 0 Å². The number of esters is 1. The summed E-state index contributed by atoms with van der Waals surface area (Å²) < 4.78 is 9.33. The molecule has 0 saturated carbocycles. The Hall–Kier alpha value is -1.47. The van der Waals surface area contributed by atoms with Crippen molar-refractivity contribution in [2.45, 2.75) is 13.0 Å². The minimum atomic E-state index is -0.149. The number of methoxy groups -OCH3 is 1. The molecule has 7 heteroatoms. The van der Waals surface area contributed by atoms with Gasteiger partial charge in [-0.3, -0.25) is 9.69 Å². The highest BCUT2D eigenvalue weighted by Crippen LogP contribution is 2.06. The van der Waals surface area contributed by atoms with Crippen molar-refractivity contribution in [3.63, 3.8) is 0 Å². The summed E-state index contributed by atoms with van der Waals surface area (Å²) in [6.45, 7) is 5.30. The second-order valence-corrected chi connectivity index (χ2v) is 4.29. The smallest absolute Gasteiger partial charge is 0.306 e. The maximum Gasteiger partial charge on any atom is 0.306 e. The first kappa shape index (κ1) is 13.0. The van der Waals surface area contributed by atoms with Crippen LogP contribution in [0.3, 0.4) is 0 Å². The minimum absolute atomic E-state index is 0.149. The highest BCUT2D eigenvalue weighted by Gasteiger charge is 2.18. The number of carbonyl (C=O) groups is 1. The molecule has 1 aromatic heterocycles. The minimum Gasteiger partial charge on any atom is -0.469 e. The van der Waals surface area contributed by atoms with Gasteiger partial charge in [0.05, 0.1) is 20.1 Å². The van der Waals surface area contributed by atoms with E-state index in [4.69, 9.17) is 4.52 Å². The second-order valence-electron chi connectivity index (χ2n) is 4.29. The molecule has 1 saturated heterocycles. The fourth-order valence-corrected chi connectivity index (χ4v) is 1.98. The van der Waals surface area contributed by atoms with Crippen molar-refractivity contribution in [1.82, 2.24) is 19.9 Å². The molecule has 1 fully saturated rings. The molecular formula is C11H18N4O3. The van der Waals surface area contributed by atoms with Crippen LogP contribution < -0.4 is 0 Å². The average molecular weight is 254 g/mol. The van der Waals surface area contributed by atoms with Crippen molar-refractivity contribution in [3.8, 4) is 0 Å². The lowest BCUT2D eigenvalue weighted by Gasteiger charge is -2.33. The first-order valence-electron chi connectivity index (χ1n) is 6.04. The zero-order valence-electron chi connectivity index (χ0n) is 10.5. The summed E-state index contributed by atoms with van der Waals surface area (Å²) in [5.41, 5.74) is 0. The van der Waals surface area contributed by atoms with Gasteiger partial charge in [0, 0.05) is 32.7 Å². The van der Waals surface area contributed by atoms with E-state index in [-0.39, 0.29) is 5.97 Å². The van der Waals surface area contributed by atoms with Crippen LogP contribution in [0.4, 0.5) is 0 Å². The third-order valence-electron chi connectivity index (χ3n) is 3.10. The number of hydrogen-bond acceptors (Lipinski definition) is 7. The van der Waals surface area contributed by atoms with Crippen LogP contribution in [0.5, 0.6) is 0 Å². The van der Waals surface area contributed by atoms with Crippen LogP contribution in [-0.2, 0) is 16.1 Å². The van der Waals surface area contributed by atoms with Crippen molar-refractivity contribution in [1.29, 1.82) is 0 Å². The summed E-state index contributed by atoms with van der Waals surface area (Å²) in [6, 6.07) is 0. The number of piperazine rings is 1. The SMILES string of the molecule is COC(=O)CCN1CCN(Cc2ncon2)CC1. The molecule has 0 radical (unpaired) electrons. The third-order valence-corrected chi connectivity index (χ3v) is 3.10. The van der Waals surface area contributed by atoms with Gasteiger partial charge in [0.1, 0.15) is 0 Å². The molecule has 0 aliphatic carbocycles. The topological polar surface area (TPSA) is 71.7 Å². The normalized spacial score (nSPS) is 17.8. The molecule has 100 valence electrons. The van der Waals surface area contributed by atoms with Gasteiger partial charge in [-0.1, -0.05) is 5.16 Å². The Bertz CT molecular complexity index is 360. The van der Waals surface area contributed by atoms with Gasteiger partial charge in [-0.05, 0) is 0 Å². The maximum atomic E-state index is 11.0. The molecule has 7 nitrogen and oxygen atoms in total. The highest BCUT2D eigenvalue weighted by molar-refractivity contribution is 5.69. The Labute approximate surface area is 106 Å². The Balaban J connectivity index is 1.66. The summed E-state index contributed by atoms with van der Waals surface area (Å²) in [5.74, 6) is 0.572. The van der Waals surface area contributed by atoms with Crippen molar-refractivity contribution >= 4 is 5.97 Å². The molecule has 0 N–H and O–H groups in total. The van der Waals surface area contributed by atoms with E-state index in [2.05, 4.69) is 24.7 Å². The zero-order chi connectivity index (χ0) is 12.8. The van der Waals surface area contributed by atoms with Gasteiger partial charge in [-0.2, -0.15) is 4.98 Å². The second kappa shape index (κ2) is 6.46. The molecule has 0 amide bonds. The molecule has 1 aliphatic rings. The lowest BCUT2D eigenvalue weighted by molar-refractivity contribution is -0.141. The molecule has 0 bridgehead atoms. The van der Waals surface area contributed by atoms with E-state index >= 15 is 0 Å². The maximum absolute atomic E-state index is 11.0. The molecule has 0 spiro atoms. The van der Waals surface area contributed by atoms with Crippen molar-refractivity contribution < 1.29 is 14.1 Å². The van der Waals surface area contributed by atoms with E-state index in [9.17, 15) is 4.79 Å². The Morgan fingerprint density at radius 1 is 1.39 bits per heavy atom. The van der Waals surface area contributed by atoms with Crippen molar-refractivity contribution in [3.05, 3.63) is 12.2 Å². The first-order chi connectivity index (χ1) is 8.78. The van der Waals surface area contributed by atoms with Gasteiger partial charge in [0.15, 0.2) is 5.82 Å². The van der Waals surface area contributed by atoms with Crippen LogP contribution in [0.1, 0.15) is 12.2 Å². The van der Waals surface area contributed by atoms with E-state index in [0.29, 0.717) is 6.42 Å². The Morgan fingerprint density at radius 3 is 2.72 bits per heavy atom. The first-order valence-corrected chi connectivity index (χ1v) is 6.04. The fourth-order valence-electron chi connectivity index (χ4n) is 1.98. The van der Waals surface area contributed by atoms with Crippen LogP contribution in [0.2, 0.25) is 0 Å². The summed E-state index contributed by atoms with van der Waals surface area (Å²) in [5, 5.41) is 3.80. The predicted molar refractivity (Wildman–Crippen MR) is 62.6 cm³/mol. The highest BCUT2D eigenvalue weighted by atomic mass is 16.5. The van der Waals surface area contributed by atoms with Crippen LogP contribution in [0.25, 0.3) is 0 Å². The van der Waals surface area contributed by atoms with E-state index in [1.54, 1.807) is 0 Å². The molecule has 1 aromatic rings. The number of rotatable bonds is 5. The molecule has 18 heavy (non-hydrogen) atoms. The third kappa shape index (κ3) is 3.78. The zero-order valence-corrected chi connectivity index (χ0v) is 10.5. The van der Waals surface area contributed by atoms with Gasteiger partial charge in [0.2, 0.25) is 6.39 Å². The molecular weight excluding hydrogens is 236 g/mol. The van der Waals surface area contributed by atoms with Crippen LogP contribution in [0.15, 0.2) is 10.9 Å². The Kier molecular flexibility index (Phi) is 4.66. The summed E-state index contributed by atoms with van der Waals surface area (Å²) in [7, 11) is 1.42. The molecule has 2 heterocycles. The standard InChI is InChI=1S/C11H18N4O3/c1-17-11(16)2-3-14-4-6-15(7-5-14)8-10-12-9-18-13-10/h9H,2-8H2,1H3. The number of hydrogen-bond donors (Lipinski definition) is 0. The van der Waals surface area contributed by atoms with Gasteiger partial charge in [-0.15, -0.1) is 0 Å². The van der Waals surface area contributed by atoms with Gasteiger partial charge in [0.25, 0.3) is 0 Å². The van der Waals surface area contributed by atoms with Crippen molar-refractivity contribution in [2.75, 3.05) is 39.8 Å². The lowest BCUT2D eigenvalue weighted by atomic mass is 10.3. The quantitative estimate of drug-likeness (QED) is 0.671. The fraction of sp³-hybridized carbons (Fsp3) is 0.727. The number of aromatic nitrogens is 2. The monoisotopic (exact) mass is 254 g/mol. The van der Waals surface area contributed by atoms with E-state index in [1.165, 1.54) is 13.5 Å². The average Bonchev–Trinajstić information content (AvgIpc) is 2.90. The molecule has 0 atom stereocenters. The van der Waals surface area contributed by atoms with Gasteiger partial charge >= 0.3 is 5.97 Å². The Morgan fingerprint density at radius 2 is 2.11 bits per heavy atom. The predicted octanol–water partition coefficient (Wildman–Crippen LogP) is -0.250. The summed E-state index contributed by atoms with van der Waals surface area (Å²) in [6.07, 6.45) is 1.81. The van der Waals surface area contributed by atoms with Crippen molar-refractivity contribution in [2.24, 2.45) is 0 Å². The molecule has 0 aromatic carbocycles. The lowest BCUT2D eigenvalue weighted by Crippen LogP contribution is -2.46. The number of nitrogens with zero attached hydrogens (tertiary/aromatic N) is 4. The number of ether oxygens (including phenoxy) is 1. The summed E-state index contributed by atoms with van der Waals surface area (Å²) >= 11 is 0. The largest absolute Gasteiger partial charge is 0.469 e. The molecule has 1 aliphatic heterocycles. The van der Waals surface area contributed by atoms with E-state index in [0.717, 1.165) is 45.1 Å². The van der Waals surface area contributed by atoms with Crippen LogP contribution in [-0.4, -0.2) is 65.7 Å².